The molecular formula is C20H19F13O4. The standard InChI is InChI=1S/C20H19F13O4/c1-36-13-10-11(14(34)35)6-7-12(13)37-9-5-3-2-4-8-15(21,22)16(23,24)17(25,26)18(27,28)19(29,30)20(31,32)33/h6-7,10H,2-5,8-9H2,1H3,(H,34,35). The first-order chi connectivity index (χ1) is 16.6. The van der Waals surface area contributed by atoms with Crippen molar-refractivity contribution in [3.05, 3.63) is 23.8 Å². The van der Waals surface area contributed by atoms with Crippen molar-refractivity contribution in [2.24, 2.45) is 0 Å². The number of hydrogen-bond donors (Lipinski definition) is 1. The smallest absolute Gasteiger partial charge is 0.460 e. The number of unbranched alkanes of at least 4 members (excludes halogenated alkanes) is 3. The van der Waals surface area contributed by atoms with E-state index in [2.05, 4.69) is 0 Å². The van der Waals surface area contributed by atoms with Crippen molar-refractivity contribution in [1.82, 2.24) is 0 Å². The fourth-order valence-electron chi connectivity index (χ4n) is 2.86. The highest BCUT2D eigenvalue weighted by atomic mass is 19.4. The lowest BCUT2D eigenvalue weighted by Gasteiger charge is -2.39. The zero-order chi connectivity index (χ0) is 29.1. The van der Waals surface area contributed by atoms with Crippen molar-refractivity contribution in [1.29, 1.82) is 0 Å². The zero-order valence-electron chi connectivity index (χ0n) is 18.6. The van der Waals surface area contributed by atoms with Crippen LogP contribution in [0.4, 0.5) is 57.1 Å². The largest absolute Gasteiger partial charge is 0.493 e. The second-order valence-electron chi connectivity index (χ2n) is 7.68. The van der Waals surface area contributed by atoms with Crippen molar-refractivity contribution >= 4 is 5.97 Å². The molecule has 0 aliphatic rings. The Morgan fingerprint density at radius 3 is 1.73 bits per heavy atom. The van der Waals surface area contributed by atoms with E-state index >= 15 is 0 Å². The van der Waals surface area contributed by atoms with Gasteiger partial charge in [0.15, 0.2) is 11.5 Å². The third kappa shape index (κ3) is 6.27. The minimum Gasteiger partial charge on any atom is -0.493 e. The molecule has 0 atom stereocenters. The number of methoxy groups -OCH3 is 1. The highest BCUT2D eigenvalue weighted by Gasteiger charge is 2.90. The summed E-state index contributed by atoms with van der Waals surface area (Å²) >= 11 is 0. The number of carboxylic acids is 1. The predicted octanol–water partition coefficient (Wildman–Crippen LogP) is 7.46. The van der Waals surface area contributed by atoms with E-state index in [1.807, 2.05) is 0 Å². The number of halogens is 13. The fourth-order valence-corrected chi connectivity index (χ4v) is 2.86. The summed E-state index contributed by atoms with van der Waals surface area (Å²) < 4.78 is 180. The molecule has 0 fully saturated rings. The first kappa shape index (κ1) is 32.4. The van der Waals surface area contributed by atoms with Gasteiger partial charge in [0, 0.05) is 6.42 Å². The Bertz CT molecular complexity index is 929. The van der Waals surface area contributed by atoms with Gasteiger partial charge in [0.2, 0.25) is 0 Å². The van der Waals surface area contributed by atoms with Crippen LogP contribution < -0.4 is 9.47 Å². The first-order valence-corrected chi connectivity index (χ1v) is 10.1. The maximum atomic E-state index is 13.7. The van der Waals surface area contributed by atoms with Crippen LogP contribution >= 0.6 is 0 Å². The van der Waals surface area contributed by atoms with Crippen LogP contribution in [0.1, 0.15) is 42.5 Å². The van der Waals surface area contributed by atoms with Crippen LogP contribution in [0.3, 0.4) is 0 Å². The molecule has 0 aliphatic carbocycles. The topological polar surface area (TPSA) is 55.8 Å². The van der Waals surface area contributed by atoms with Gasteiger partial charge in [-0.05, 0) is 31.0 Å². The lowest BCUT2D eigenvalue weighted by atomic mass is 9.91. The molecule has 0 saturated heterocycles. The normalized spacial score (nSPS) is 14.0. The van der Waals surface area contributed by atoms with E-state index in [4.69, 9.17) is 14.6 Å². The summed E-state index contributed by atoms with van der Waals surface area (Å²) in [6, 6.07) is 3.54. The molecule has 0 aliphatic heterocycles. The summed E-state index contributed by atoms with van der Waals surface area (Å²) in [6.07, 6.45) is -11.1. The second-order valence-corrected chi connectivity index (χ2v) is 7.68. The van der Waals surface area contributed by atoms with E-state index in [0.29, 0.717) is 0 Å². The second kappa shape index (κ2) is 11.0. The maximum Gasteiger partial charge on any atom is 0.460 e. The molecule has 0 heterocycles. The summed E-state index contributed by atoms with van der Waals surface area (Å²) in [4.78, 5) is 10.9. The van der Waals surface area contributed by atoms with E-state index in [-0.39, 0.29) is 36.5 Å². The van der Waals surface area contributed by atoms with E-state index in [9.17, 15) is 61.9 Å². The molecule has 1 aromatic rings. The van der Waals surface area contributed by atoms with Crippen LogP contribution in [0.2, 0.25) is 0 Å². The predicted molar refractivity (Wildman–Crippen MR) is 99.3 cm³/mol. The van der Waals surface area contributed by atoms with Gasteiger partial charge in [0.1, 0.15) is 0 Å². The number of carboxylic acid groups (broad SMARTS) is 1. The first-order valence-electron chi connectivity index (χ1n) is 10.1. The third-order valence-corrected chi connectivity index (χ3v) is 5.05. The Morgan fingerprint density at radius 2 is 1.24 bits per heavy atom. The van der Waals surface area contributed by atoms with Crippen molar-refractivity contribution in [2.75, 3.05) is 13.7 Å². The number of aromatic carboxylic acids is 1. The lowest BCUT2D eigenvalue weighted by Crippen LogP contribution is -2.70. The van der Waals surface area contributed by atoms with Crippen LogP contribution in [0.5, 0.6) is 11.5 Å². The molecule has 0 bridgehead atoms. The Kier molecular flexibility index (Phi) is 9.64. The molecule has 1 N–H and O–H groups in total. The summed E-state index contributed by atoms with van der Waals surface area (Å²) in [5.74, 6) is -37.9. The molecule has 0 spiro atoms. The number of hydrogen-bond acceptors (Lipinski definition) is 3. The minimum atomic E-state index is -7.90. The molecule has 214 valence electrons. The van der Waals surface area contributed by atoms with Gasteiger partial charge in [-0.2, -0.15) is 57.1 Å². The Labute approximate surface area is 200 Å². The van der Waals surface area contributed by atoms with Crippen LogP contribution in [0, 0.1) is 0 Å². The van der Waals surface area contributed by atoms with Crippen molar-refractivity contribution < 1.29 is 76.5 Å². The fraction of sp³-hybridized carbons (Fsp3) is 0.650. The van der Waals surface area contributed by atoms with Crippen LogP contribution in [-0.2, 0) is 0 Å². The van der Waals surface area contributed by atoms with Crippen LogP contribution in [-0.4, -0.2) is 60.6 Å². The Morgan fingerprint density at radius 1 is 0.730 bits per heavy atom. The number of alkyl halides is 13. The average molecular weight is 570 g/mol. The number of rotatable bonds is 14. The third-order valence-electron chi connectivity index (χ3n) is 5.05. The number of carbonyl (C=O) groups is 1. The van der Waals surface area contributed by atoms with Gasteiger partial charge in [-0.3, -0.25) is 0 Å². The van der Waals surface area contributed by atoms with Crippen LogP contribution in [0.25, 0.3) is 0 Å². The molecule has 0 unspecified atom stereocenters. The lowest BCUT2D eigenvalue weighted by molar-refractivity contribution is -0.440. The highest BCUT2D eigenvalue weighted by Crippen LogP contribution is 2.60. The van der Waals surface area contributed by atoms with Gasteiger partial charge in [0.05, 0.1) is 19.3 Å². The van der Waals surface area contributed by atoms with Crippen molar-refractivity contribution in [2.45, 2.75) is 67.9 Å². The van der Waals surface area contributed by atoms with Crippen molar-refractivity contribution in [3.63, 3.8) is 0 Å². The number of ether oxygens (including phenoxy) is 2. The average Bonchev–Trinajstić information content (AvgIpc) is 2.76. The van der Waals surface area contributed by atoms with Gasteiger partial charge < -0.3 is 14.6 Å². The number of benzene rings is 1. The van der Waals surface area contributed by atoms with Crippen molar-refractivity contribution in [3.8, 4) is 11.5 Å². The summed E-state index contributed by atoms with van der Waals surface area (Å²) in [5, 5.41) is 8.90. The molecule has 37 heavy (non-hydrogen) atoms. The van der Waals surface area contributed by atoms with Gasteiger partial charge >= 0.3 is 41.8 Å². The van der Waals surface area contributed by atoms with E-state index in [0.717, 1.165) is 6.07 Å². The van der Waals surface area contributed by atoms with Gasteiger partial charge in [-0.1, -0.05) is 12.8 Å². The molecule has 1 aromatic carbocycles. The minimum absolute atomic E-state index is 0.0237. The molecule has 0 amide bonds. The SMILES string of the molecule is COc1cc(C(=O)O)ccc1OCCCCCCC(F)(F)C(F)(F)C(F)(F)C(F)(F)C(F)(F)C(F)(F)F. The van der Waals surface area contributed by atoms with Gasteiger partial charge in [-0.25, -0.2) is 4.79 Å². The highest BCUT2D eigenvalue weighted by molar-refractivity contribution is 5.88. The summed E-state index contributed by atoms with van der Waals surface area (Å²) in [5.41, 5.74) is -0.132. The maximum absolute atomic E-state index is 13.7. The molecule has 1 rings (SSSR count). The molecule has 17 heteroatoms. The van der Waals surface area contributed by atoms with Crippen LogP contribution in [0.15, 0.2) is 18.2 Å². The molecule has 0 aromatic heterocycles. The Hall–Kier alpha value is -2.62. The van der Waals surface area contributed by atoms with E-state index in [1.54, 1.807) is 0 Å². The molecular weight excluding hydrogens is 551 g/mol. The zero-order valence-corrected chi connectivity index (χ0v) is 18.6. The van der Waals surface area contributed by atoms with Gasteiger partial charge in [-0.15, -0.1) is 0 Å². The Balaban J connectivity index is 2.71. The summed E-state index contributed by atoms with van der Waals surface area (Å²) in [7, 11) is 1.20. The monoisotopic (exact) mass is 570 g/mol. The quantitative estimate of drug-likeness (QED) is 0.186. The molecule has 4 nitrogen and oxygen atoms in total. The summed E-state index contributed by atoms with van der Waals surface area (Å²) in [6.45, 7) is -0.147. The van der Waals surface area contributed by atoms with E-state index < -0.39 is 61.0 Å². The molecule has 0 saturated carbocycles. The molecule has 0 radical (unpaired) electrons. The van der Waals surface area contributed by atoms with Gasteiger partial charge in [0.25, 0.3) is 0 Å². The van der Waals surface area contributed by atoms with E-state index in [1.165, 1.54) is 19.2 Å².